The summed E-state index contributed by atoms with van der Waals surface area (Å²) in [4.78, 5) is 12.3. The molecule has 8 heteroatoms. The lowest BCUT2D eigenvalue weighted by molar-refractivity contribution is -0.276. The minimum Gasteiger partial charge on any atom is -0.423 e. The van der Waals surface area contributed by atoms with Crippen molar-refractivity contribution in [2.75, 3.05) is 0 Å². The van der Waals surface area contributed by atoms with Crippen molar-refractivity contribution >= 4 is 5.97 Å². The fourth-order valence-electron chi connectivity index (χ4n) is 4.33. The van der Waals surface area contributed by atoms with Gasteiger partial charge in [-0.2, -0.15) is 0 Å². The molecule has 3 nitrogen and oxygen atoms in total. The average Bonchev–Trinajstić information content (AvgIpc) is 2.76. The Morgan fingerprint density at radius 3 is 2.12 bits per heavy atom. The molecule has 0 spiro atoms. The normalized spacial score (nSPS) is 18.7. The van der Waals surface area contributed by atoms with Crippen molar-refractivity contribution in [2.45, 2.75) is 70.6 Å². The molecule has 1 aliphatic carbocycles. The highest BCUT2D eigenvalue weighted by molar-refractivity contribution is 5.91. The Morgan fingerprint density at radius 1 is 0.970 bits per heavy atom. The molecule has 0 saturated heterocycles. The van der Waals surface area contributed by atoms with E-state index in [0.29, 0.717) is 18.1 Å². The minimum atomic E-state index is -5.25. The summed E-state index contributed by atoms with van der Waals surface area (Å²) in [6, 6.07) is 7.79. The molecule has 180 valence electrons. The highest BCUT2D eigenvalue weighted by Gasteiger charge is 2.34. The first kappa shape index (κ1) is 25.0. The summed E-state index contributed by atoms with van der Waals surface area (Å²) in [6.45, 7) is 2.20. The van der Waals surface area contributed by atoms with E-state index in [1.54, 1.807) is 12.1 Å². The van der Waals surface area contributed by atoms with Crippen molar-refractivity contribution in [3.8, 4) is 11.5 Å². The van der Waals surface area contributed by atoms with Gasteiger partial charge in [0.1, 0.15) is 5.75 Å². The van der Waals surface area contributed by atoms with Gasteiger partial charge in [0.25, 0.3) is 0 Å². The van der Waals surface area contributed by atoms with Crippen molar-refractivity contribution in [1.29, 1.82) is 0 Å². The van der Waals surface area contributed by atoms with Crippen LogP contribution in [0.25, 0.3) is 0 Å². The highest BCUT2D eigenvalue weighted by atomic mass is 19.4. The van der Waals surface area contributed by atoms with Crippen molar-refractivity contribution in [2.24, 2.45) is 5.92 Å². The zero-order valence-electron chi connectivity index (χ0n) is 18.4. The zero-order valence-corrected chi connectivity index (χ0v) is 18.4. The number of ether oxygens (including phenoxy) is 2. The van der Waals surface area contributed by atoms with E-state index < -0.39 is 35.5 Å². The number of hydrogen-bond donors (Lipinski definition) is 0. The zero-order chi connectivity index (χ0) is 24.0. The molecule has 2 aromatic carbocycles. The maximum atomic E-state index is 13.8. The number of benzene rings is 2. The Morgan fingerprint density at radius 2 is 1.58 bits per heavy atom. The fraction of sp³-hybridized carbons (Fsp3) is 0.480. The van der Waals surface area contributed by atoms with Crippen LogP contribution >= 0.6 is 0 Å². The monoisotopic (exact) mass is 470 g/mol. The molecule has 0 amide bonds. The van der Waals surface area contributed by atoms with Gasteiger partial charge in [-0.3, -0.25) is 0 Å². The first-order valence-electron chi connectivity index (χ1n) is 11.2. The molecule has 0 heterocycles. The maximum Gasteiger partial charge on any atom is 0.573 e. The third kappa shape index (κ3) is 7.17. The number of alkyl halides is 3. The second-order valence-electron chi connectivity index (χ2n) is 8.49. The third-order valence-corrected chi connectivity index (χ3v) is 6.08. The van der Waals surface area contributed by atoms with Crippen molar-refractivity contribution in [3.05, 3.63) is 59.2 Å². The van der Waals surface area contributed by atoms with Crippen molar-refractivity contribution < 1.29 is 36.2 Å². The minimum absolute atomic E-state index is 0.170. The lowest BCUT2D eigenvalue weighted by Gasteiger charge is -2.29. The number of carbonyl (C=O) groups is 1. The third-order valence-electron chi connectivity index (χ3n) is 6.08. The van der Waals surface area contributed by atoms with Crippen LogP contribution in [0.5, 0.6) is 11.5 Å². The Balaban J connectivity index is 1.58. The van der Waals surface area contributed by atoms with E-state index in [0.717, 1.165) is 24.3 Å². The summed E-state index contributed by atoms with van der Waals surface area (Å²) < 4.78 is 72.6. The van der Waals surface area contributed by atoms with E-state index in [-0.39, 0.29) is 5.56 Å². The molecule has 33 heavy (non-hydrogen) atoms. The van der Waals surface area contributed by atoms with Crippen LogP contribution in [-0.4, -0.2) is 12.3 Å². The molecule has 0 N–H and O–H groups in total. The molecule has 1 fully saturated rings. The van der Waals surface area contributed by atoms with E-state index in [4.69, 9.17) is 4.74 Å². The van der Waals surface area contributed by atoms with Gasteiger partial charge in [0, 0.05) is 12.1 Å². The molecule has 0 aliphatic heterocycles. The summed E-state index contributed by atoms with van der Waals surface area (Å²) >= 11 is 0. The SMILES string of the molecule is CCCCCC1CCC(c2ccc(C(=O)Oc3cc(F)c(OC(F)(F)F)c(F)c3)cc2)CC1. The predicted octanol–water partition coefficient (Wildman–Crippen LogP) is 7.94. The van der Waals surface area contributed by atoms with E-state index in [9.17, 15) is 26.7 Å². The van der Waals surface area contributed by atoms with E-state index >= 15 is 0 Å². The van der Waals surface area contributed by atoms with Gasteiger partial charge in [-0.1, -0.05) is 44.7 Å². The Bertz CT molecular complexity index is 909. The summed E-state index contributed by atoms with van der Waals surface area (Å²) in [5.74, 6) is -5.07. The van der Waals surface area contributed by atoms with Crippen LogP contribution in [0.2, 0.25) is 0 Å². The van der Waals surface area contributed by atoms with E-state index in [2.05, 4.69) is 11.7 Å². The smallest absolute Gasteiger partial charge is 0.423 e. The van der Waals surface area contributed by atoms with Crippen molar-refractivity contribution in [1.82, 2.24) is 0 Å². The first-order valence-corrected chi connectivity index (χ1v) is 11.2. The lowest BCUT2D eigenvalue weighted by Crippen LogP contribution is -2.19. The van der Waals surface area contributed by atoms with Gasteiger partial charge < -0.3 is 9.47 Å². The molecule has 0 radical (unpaired) electrons. The van der Waals surface area contributed by atoms with Gasteiger partial charge >= 0.3 is 12.3 Å². The number of hydrogen-bond acceptors (Lipinski definition) is 3. The molecule has 0 unspecified atom stereocenters. The number of unbranched alkanes of at least 4 members (excludes halogenated alkanes) is 2. The largest absolute Gasteiger partial charge is 0.573 e. The fourth-order valence-corrected chi connectivity index (χ4v) is 4.33. The predicted molar refractivity (Wildman–Crippen MR) is 113 cm³/mol. The first-order chi connectivity index (χ1) is 15.7. The van der Waals surface area contributed by atoms with Crippen LogP contribution in [0.15, 0.2) is 36.4 Å². The maximum absolute atomic E-state index is 13.8. The Kier molecular flexibility index (Phi) is 8.32. The Hall–Kier alpha value is -2.64. The molecular weight excluding hydrogens is 443 g/mol. The second-order valence-corrected chi connectivity index (χ2v) is 8.49. The van der Waals surface area contributed by atoms with Crippen molar-refractivity contribution in [3.63, 3.8) is 0 Å². The molecule has 2 aromatic rings. The summed E-state index contributed by atoms with van der Waals surface area (Å²) in [6.07, 6.45) is 4.43. The number of carbonyl (C=O) groups excluding carboxylic acids is 1. The molecular formula is C25H27F5O3. The second kappa shape index (κ2) is 11.0. The Labute approximate surface area is 189 Å². The van der Waals surface area contributed by atoms with Gasteiger partial charge in [-0.05, 0) is 55.2 Å². The van der Waals surface area contributed by atoms with Gasteiger partial charge in [0.15, 0.2) is 11.6 Å². The van der Waals surface area contributed by atoms with E-state index in [1.165, 1.54) is 38.5 Å². The molecule has 1 saturated carbocycles. The molecule has 3 rings (SSSR count). The quantitative estimate of drug-likeness (QED) is 0.170. The van der Waals surface area contributed by atoms with Gasteiger partial charge in [0.2, 0.25) is 5.75 Å². The van der Waals surface area contributed by atoms with Gasteiger partial charge in [-0.15, -0.1) is 13.2 Å². The van der Waals surface area contributed by atoms with Crippen LogP contribution in [0, 0.1) is 17.6 Å². The summed E-state index contributed by atoms with van der Waals surface area (Å²) in [7, 11) is 0. The molecule has 0 aromatic heterocycles. The standard InChI is InChI=1S/C25H27F5O3/c1-2-3-4-5-16-6-8-17(9-7-16)18-10-12-19(13-11-18)24(31)32-20-14-21(26)23(22(27)15-20)33-25(28,29)30/h10-17H,2-9H2,1H3. The van der Waals surface area contributed by atoms with Crippen LogP contribution in [0.3, 0.4) is 0 Å². The van der Waals surface area contributed by atoms with Gasteiger partial charge in [-0.25, -0.2) is 13.6 Å². The highest BCUT2D eigenvalue weighted by Crippen LogP contribution is 2.38. The van der Waals surface area contributed by atoms with Crippen LogP contribution < -0.4 is 9.47 Å². The van der Waals surface area contributed by atoms with Crippen LogP contribution in [0.4, 0.5) is 22.0 Å². The lowest BCUT2D eigenvalue weighted by atomic mass is 9.77. The summed E-state index contributed by atoms with van der Waals surface area (Å²) in [5, 5.41) is 0. The number of halogens is 5. The van der Waals surface area contributed by atoms with Crippen LogP contribution in [-0.2, 0) is 0 Å². The van der Waals surface area contributed by atoms with E-state index in [1.807, 2.05) is 12.1 Å². The number of rotatable bonds is 8. The topological polar surface area (TPSA) is 35.5 Å². The molecule has 0 bridgehead atoms. The molecule has 0 atom stereocenters. The number of esters is 1. The van der Waals surface area contributed by atoms with Crippen LogP contribution in [0.1, 0.15) is 80.1 Å². The summed E-state index contributed by atoms with van der Waals surface area (Å²) in [5.41, 5.74) is 1.30. The molecule has 1 aliphatic rings. The van der Waals surface area contributed by atoms with Gasteiger partial charge in [0.05, 0.1) is 5.56 Å². The average molecular weight is 470 g/mol.